The summed E-state index contributed by atoms with van der Waals surface area (Å²) in [7, 11) is 0. The molecule has 0 aliphatic heterocycles. The number of aryl methyl sites for hydroxylation is 1. The van der Waals surface area contributed by atoms with Crippen LogP contribution >= 0.6 is 11.6 Å². The molecule has 2 unspecified atom stereocenters. The second kappa shape index (κ2) is 6.21. The number of aliphatic hydroxyl groups excluding tert-OH is 1. The maximum absolute atomic E-state index is 10.8. The minimum atomic E-state index is -0.381. The summed E-state index contributed by atoms with van der Waals surface area (Å²) in [5, 5.41) is 11.6. The lowest BCUT2D eigenvalue weighted by molar-refractivity contribution is 0.0952. The molecule has 1 aliphatic rings. The predicted molar refractivity (Wildman–Crippen MR) is 87.5 cm³/mol. The Morgan fingerprint density at radius 1 is 1.14 bits per heavy atom. The molecule has 1 N–H and O–H groups in total. The lowest BCUT2D eigenvalue weighted by atomic mass is 9.86. The molecular formula is C19H21ClO. The first-order chi connectivity index (χ1) is 10.1. The van der Waals surface area contributed by atoms with Crippen LogP contribution in [0, 0.1) is 18.8 Å². The first-order valence-corrected chi connectivity index (χ1v) is 8.00. The normalized spacial score (nSPS) is 17.5. The summed E-state index contributed by atoms with van der Waals surface area (Å²) in [5.41, 5.74) is 3.50. The summed E-state index contributed by atoms with van der Waals surface area (Å²) in [5.74, 6) is 0.948. The fraction of sp³-hybridized carbons (Fsp3) is 0.368. The molecule has 2 heteroatoms. The van der Waals surface area contributed by atoms with Crippen molar-refractivity contribution in [2.24, 2.45) is 11.8 Å². The Bertz CT molecular complexity index is 601. The van der Waals surface area contributed by atoms with Gasteiger partial charge in [0.15, 0.2) is 0 Å². The smallest absolute Gasteiger partial charge is 0.0824 e. The maximum Gasteiger partial charge on any atom is 0.0824 e. The SMILES string of the molecule is Cc1cccc(C(O)C(Cc2ccc(Cl)cc2)C2CC2)c1. The van der Waals surface area contributed by atoms with Crippen molar-refractivity contribution in [3.63, 3.8) is 0 Å². The van der Waals surface area contributed by atoms with Gasteiger partial charge in [-0.15, -0.1) is 0 Å². The van der Waals surface area contributed by atoms with Gasteiger partial charge in [-0.3, -0.25) is 0 Å². The topological polar surface area (TPSA) is 20.2 Å². The van der Waals surface area contributed by atoms with Crippen LogP contribution in [-0.2, 0) is 6.42 Å². The molecule has 2 atom stereocenters. The summed E-state index contributed by atoms with van der Waals surface area (Å²) in [4.78, 5) is 0. The van der Waals surface area contributed by atoms with Crippen LogP contribution in [0.4, 0.5) is 0 Å². The monoisotopic (exact) mass is 300 g/mol. The Morgan fingerprint density at radius 3 is 2.48 bits per heavy atom. The summed E-state index contributed by atoms with van der Waals surface area (Å²) in [6, 6.07) is 16.2. The van der Waals surface area contributed by atoms with Crippen molar-refractivity contribution in [3.05, 3.63) is 70.2 Å². The highest BCUT2D eigenvalue weighted by molar-refractivity contribution is 6.30. The Kier molecular flexibility index (Phi) is 4.32. The molecule has 0 heterocycles. The van der Waals surface area contributed by atoms with Gasteiger partial charge in [0.2, 0.25) is 0 Å². The van der Waals surface area contributed by atoms with Crippen molar-refractivity contribution >= 4 is 11.6 Å². The molecule has 0 aromatic heterocycles. The van der Waals surface area contributed by atoms with Gasteiger partial charge < -0.3 is 5.11 Å². The largest absolute Gasteiger partial charge is 0.388 e. The molecule has 2 aromatic carbocycles. The quantitative estimate of drug-likeness (QED) is 0.828. The zero-order valence-electron chi connectivity index (χ0n) is 12.3. The molecule has 0 saturated heterocycles. The Morgan fingerprint density at radius 2 is 1.86 bits per heavy atom. The predicted octanol–water partition coefficient (Wildman–Crippen LogP) is 4.95. The zero-order chi connectivity index (χ0) is 14.8. The molecule has 1 aliphatic carbocycles. The van der Waals surface area contributed by atoms with Crippen molar-refractivity contribution < 1.29 is 5.11 Å². The average molecular weight is 301 g/mol. The van der Waals surface area contributed by atoms with E-state index in [9.17, 15) is 5.11 Å². The van der Waals surface area contributed by atoms with E-state index in [-0.39, 0.29) is 6.10 Å². The maximum atomic E-state index is 10.8. The molecule has 3 rings (SSSR count). The van der Waals surface area contributed by atoms with E-state index in [2.05, 4.69) is 31.2 Å². The number of halogens is 1. The van der Waals surface area contributed by atoms with Gasteiger partial charge in [0.25, 0.3) is 0 Å². The van der Waals surface area contributed by atoms with E-state index in [1.807, 2.05) is 24.3 Å². The van der Waals surface area contributed by atoms with Crippen LogP contribution in [-0.4, -0.2) is 5.11 Å². The number of benzene rings is 2. The van der Waals surface area contributed by atoms with Gasteiger partial charge in [-0.25, -0.2) is 0 Å². The first-order valence-electron chi connectivity index (χ1n) is 7.62. The van der Waals surface area contributed by atoms with E-state index in [4.69, 9.17) is 11.6 Å². The van der Waals surface area contributed by atoms with Crippen LogP contribution in [0.25, 0.3) is 0 Å². The van der Waals surface area contributed by atoms with Crippen molar-refractivity contribution in [2.45, 2.75) is 32.3 Å². The lowest BCUT2D eigenvalue weighted by Crippen LogP contribution is -2.17. The Hall–Kier alpha value is -1.31. The van der Waals surface area contributed by atoms with E-state index < -0.39 is 0 Å². The van der Waals surface area contributed by atoms with Crippen molar-refractivity contribution in [1.29, 1.82) is 0 Å². The van der Waals surface area contributed by atoms with Crippen molar-refractivity contribution in [1.82, 2.24) is 0 Å². The minimum Gasteiger partial charge on any atom is -0.388 e. The lowest BCUT2D eigenvalue weighted by Gasteiger charge is -2.23. The van der Waals surface area contributed by atoms with Crippen LogP contribution in [0.15, 0.2) is 48.5 Å². The van der Waals surface area contributed by atoms with Gasteiger partial charge >= 0.3 is 0 Å². The number of aliphatic hydroxyl groups is 1. The molecule has 1 fully saturated rings. The number of hydrogen-bond acceptors (Lipinski definition) is 1. The highest BCUT2D eigenvalue weighted by atomic mass is 35.5. The third kappa shape index (κ3) is 3.66. The highest BCUT2D eigenvalue weighted by Crippen LogP contribution is 2.44. The van der Waals surface area contributed by atoms with E-state index in [1.165, 1.54) is 24.0 Å². The summed E-state index contributed by atoms with van der Waals surface area (Å²) < 4.78 is 0. The van der Waals surface area contributed by atoms with Gasteiger partial charge in [-0.05, 0) is 61.3 Å². The Labute approximate surface area is 131 Å². The molecular weight excluding hydrogens is 280 g/mol. The fourth-order valence-electron chi connectivity index (χ4n) is 3.05. The van der Waals surface area contributed by atoms with E-state index in [1.54, 1.807) is 0 Å². The third-order valence-electron chi connectivity index (χ3n) is 4.40. The van der Waals surface area contributed by atoms with Crippen LogP contribution in [0.2, 0.25) is 5.02 Å². The summed E-state index contributed by atoms with van der Waals surface area (Å²) >= 11 is 5.95. The standard InChI is InChI=1S/C19H21ClO/c1-13-3-2-4-16(11-13)19(21)18(15-7-8-15)12-14-5-9-17(20)10-6-14/h2-6,9-11,15,18-19,21H,7-8,12H2,1H3. The zero-order valence-corrected chi connectivity index (χ0v) is 13.1. The van der Waals surface area contributed by atoms with Gasteiger partial charge in [0.1, 0.15) is 0 Å². The molecule has 2 aromatic rings. The molecule has 1 saturated carbocycles. The second-order valence-corrected chi connectivity index (χ2v) is 6.63. The Balaban J connectivity index is 1.79. The van der Waals surface area contributed by atoms with E-state index in [0.29, 0.717) is 11.8 Å². The summed E-state index contributed by atoms with van der Waals surface area (Å²) in [6.07, 6.45) is 3.01. The fourth-order valence-corrected chi connectivity index (χ4v) is 3.18. The van der Waals surface area contributed by atoms with Crippen molar-refractivity contribution in [2.75, 3.05) is 0 Å². The molecule has 0 bridgehead atoms. The van der Waals surface area contributed by atoms with Crippen LogP contribution in [0.1, 0.15) is 35.6 Å². The molecule has 0 amide bonds. The summed E-state index contributed by atoms with van der Waals surface area (Å²) in [6.45, 7) is 2.07. The highest BCUT2D eigenvalue weighted by Gasteiger charge is 2.36. The van der Waals surface area contributed by atoms with Gasteiger partial charge in [0, 0.05) is 5.02 Å². The van der Waals surface area contributed by atoms with Crippen LogP contribution in [0.5, 0.6) is 0 Å². The van der Waals surface area contributed by atoms with Crippen LogP contribution < -0.4 is 0 Å². The van der Waals surface area contributed by atoms with Crippen LogP contribution in [0.3, 0.4) is 0 Å². The second-order valence-electron chi connectivity index (χ2n) is 6.19. The van der Waals surface area contributed by atoms with Gasteiger partial charge in [0.05, 0.1) is 6.10 Å². The molecule has 0 spiro atoms. The van der Waals surface area contributed by atoms with Crippen molar-refractivity contribution in [3.8, 4) is 0 Å². The number of rotatable bonds is 5. The first kappa shape index (κ1) is 14.6. The van der Waals surface area contributed by atoms with E-state index in [0.717, 1.165) is 17.0 Å². The van der Waals surface area contributed by atoms with Gasteiger partial charge in [-0.2, -0.15) is 0 Å². The average Bonchev–Trinajstić information content (AvgIpc) is 3.30. The number of hydrogen-bond donors (Lipinski definition) is 1. The molecule has 21 heavy (non-hydrogen) atoms. The van der Waals surface area contributed by atoms with E-state index >= 15 is 0 Å². The van der Waals surface area contributed by atoms with Gasteiger partial charge in [-0.1, -0.05) is 53.6 Å². The molecule has 1 nitrogen and oxygen atoms in total. The molecule has 0 radical (unpaired) electrons. The molecule has 110 valence electrons. The third-order valence-corrected chi connectivity index (χ3v) is 4.65. The minimum absolute atomic E-state index is 0.299.